The van der Waals surface area contributed by atoms with E-state index in [9.17, 15) is 0 Å². The summed E-state index contributed by atoms with van der Waals surface area (Å²) in [6.45, 7) is 6.30. The molecular weight excluding hydrogens is 246 g/mol. The topological polar surface area (TPSA) is 9.72 Å². The van der Waals surface area contributed by atoms with Gasteiger partial charge >= 0.3 is 0 Å². The van der Waals surface area contributed by atoms with Crippen molar-refractivity contribution in [3.63, 3.8) is 0 Å². The maximum atomic E-state index is 2.59. The van der Waals surface area contributed by atoms with Gasteiger partial charge in [0.1, 0.15) is 0 Å². The lowest BCUT2D eigenvalue weighted by molar-refractivity contribution is 0.0630. The van der Waals surface area contributed by atoms with E-state index in [0.29, 0.717) is 0 Å². The monoisotopic (exact) mass is 281 g/mol. The third-order valence-electron chi connectivity index (χ3n) is 5.88. The maximum absolute atomic E-state index is 2.59. The van der Waals surface area contributed by atoms with Crippen LogP contribution in [-0.2, 0) is 0 Å². The summed E-state index contributed by atoms with van der Waals surface area (Å²) < 4.78 is 0. The predicted octanol–water partition coefficient (Wildman–Crippen LogP) is 2.38. The van der Waals surface area contributed by atoms with Crippen LogP contribution in [0.15, 0.2) is 0 Å². The molecule has 0 aromatic carbocycles. The van der Waals surface area contributed by atoms with Gasteiger partial charge in [0, 0.05) is 25.2 Å². The summed E-state index contributed by atoms with van der Waals surface area (Å²) >= 11 is 0. The third-order valence-corrected chi connectivity index (χ3v) is 5.88. The zero-order valence-electron chi connectivity index (χ0n) is 14.3. The van der Waals surface area contributed by atoms with E-state index in [-0.39, 0.29) is 0 Å². The fraction of sp³-hybridized carbons (Fsp3) is 1.00. The van der Waals surface area contributed by atoms with Gasteiger partial charge in [-0.3, -0.25) is 0 Å². The van der Waals surface area contributed by atoms with Gasteiger partial charge in [0.15, 0.2) is 0 Å². The number of nitrogens with zero attached hydrogens (tertiary/aromatic N) is 3. The van der Waals surface area contributed by atoms with Crippen molar-refractivity contribution in [2.45, 2.75) is 51.1 Å². The second kappa shape index (κ2) is 7.24. The maximum Gasteiger partial charge on any atom is 0.0347 e. The molecule has 1 heterocycles. The highest BCUT2D eigenvalue weighted by atomic mass is 15.3. The number of likely N-dealkylation sites (N-methyl/N-ethyl adjacent to an activating group) is 2. The quantitative estimate of drug-likeness (QED) is 0.740. The standard InChI is InChI=1S/C17H35N3/c1-14(10-11-20(5)17-12-19(4)13-17)15-6-8-16(9-7-15)18(2)3/h14-17H,6-13H2,1-5H3. The first-order valence-corrected chi connectivity index (χ1v) is 8.52. The van der Waals surface area contributed by atoms with Crippen LogP contribution in [0.2, 0.25) is 0 Å². The van der Waals surface area contributed by atoms with Crippen LogP contribution >= 0.6 is 0 Å². The van der Waals surface area contributed by atoms with Crippen LogP contribution in [0.4, 0.5) is 0 Å². The molecule has 2 rings (SSSR count). The van der Waals surface area contributed by atoms with E-state index in [0.717, 1.165) is 23.9 Å². The summed E-state index contributed by atoms with van der Waals surface area (Å²) in [5, 5.41) is 0. The van der Waals surface area contributed by atoms with Crippen LogP contribution in [0, 0.1) is 11.8 Å². The Morgan fingerprint density at radius 1 is 1.00 bits per heavy atom. The molecule has 20 heavy (non-hydrogen) atoms. The van der Waals surface area contributed by atoms with E-state index >= 15 is 0 Å². The largest absolute Gasteiger partial charge is 0.306 e. The molecule has 118 valence electrons. The van der Waals surface area contributed by atoms with Gasteiger partial charge in [0.2, 0.25) is 0 Å². The van der Waals surface area contributed by atoms with Crippen molar-refractivity contribution in [3.05, 3.63) is 0 Å². The molecule has 0 bridgehead atoms. The Morgan fingerprint density at radius 2 is 1.60 bits per heavy atom. The zero-order chi connectivity index (χ0) is 14.7. The molecule has 3 nitrogen and oxygen atoms in total. The minimum Gasteiger partial charge on any atom is -0.306 e. The smallest absolute Gasteiger partial charge is 0.0347 e. The highest BCUT2D eigenvalue weighted by Crippen LogP contribution is 2.33. The number of hydrogen-bond acceptors (Lipinski definition) is 3. The molecule has 2 fully saturated rings. The van der Waals surface area contributed by atoms with Crippen LogP contribution in [0.5, 0.6) is 0 Å². The minimum atomic E-state index is 0.816. The number of rotatable bonds is 6. The molecule has 1 atom stereocenters. The SMILES string of the molecule is CC(CCN(C)C1CN(C)C1)C1CCC(N(C)C)CC1. The molecule has 1 saturated carbocycles. The second-order valence-corrected chi connectivity index (χ2v) is 7.65. The van der Waals surface area contributed by atoms with Crippen molar-refractivity contribution >= 4 is 0 Å². The summed E-state index contributed by atoms with van der Waals surface area (Å²) in [5.74, 6) is 1.88. The van der Waals surface area contributed by atoms with E-state index in [1.54, 1.807) is 0 Å². The van der Waals surface area contributed by atoms with E-state index in [4.69, 9.17) is 0 Å². The number of likely N-dealkylation sites (tertiary alicyclic amines) is 1. The summed E-state index contributed by atoms with van der Waals surface area (Å²) in [6, 6.07) is 1.66. The summed E-state index contributed by atoms with van der Waals surface area (Å²) in [4.78, 5) is 7.41. The van der Waals surface area contributed by atoms with Crippen molar-refractivity contribution in [3.8, 4) is 0 Å². The molecule has 0 spiro atoms. The van der Waals surface area contributed by atoms with Gasteiger partial charge in [-0.15, -0.1) is 0 Å². The summed E-state index contributed by atoms with van der Waals surface area (Å²) in [5.41, 5.74) is 0. The van der Waals surface area contributed by atoms with Crippen molar-refractivity contribution in [2.75, 3.05) is 47.8 Å². The lowest BCUT2D eigenvalue weighted by Gasteiger charge is -2.42. The molecular formula is C17H35N3. The Kier molecular flexibility index (Phi) is 5.88. The Hall–Kier alpha value is -0.120. The van der Waals surface area contributed by atoms with Gasteiger partial charge < -0.3 is 14.7 Å². The van der Waals surface area contributed by atoms with Gasteiger partial charge in [-0.05, 0) is 78.7 Å². The number of hydrogen-bond donors (Lipinski definition) is 0. The fourth-order valence-electron chi connectivity index (χ4n) is 3.96. The van der Waals surface area contributed by atoms with Crippen LogP contribution < -0.4 is 0 Å². The minimum absolute atomic E-state index is 0.816. The average molecular weight is 281 g/mol. The lowest BCUT2D eigenvalue weighted by atomic mass is 9.77. The van der Waals surface area contributed by atoms with Crippen LogP contribution in [0.1, 0.15) is 39.0 Å². The first-order chi connectivity index (χ1) is 9.47. The van der Waals surface area contributed by atoms with Crippen LogP contribution in [-0.4, -0.2) is 74.6 Å². The first-order valence-electron chi connectivity index (χ1n) is 8.52. The molecule has 1 aliphatic heterocycles. The van der Waals surface area contributed by atoms with Gasteiger partial charge in [0.05, 0.1) is 0 Å². The molecule has 3 heteroatoms. The van der Waals surface area contributed by atoms with Gasteiger partial charge in [-0.2, -0.15) is 0 Å². The molecule has 2 aliphatic rings. The average Bonchev–Trinajstić information content (AvgIpc) is 2.41. The predicted molar refractivity (Wildman–Crippen MR) is 87.1 cm³/mol. The van der Waals surface area contributed by atoms with Crippen LogP contribution in [0.25, 0.3) is 0 Å². The Morgan fingerprint density at radius 3 is 2.10 bits per heavy atom. The Balaban J connectivity index is 1.64. The molecule has 1 unspecified atom stereocenters. The van der Waals surface area contributed by atoms with Crippen molar-refractivity contribution < 1.29 is 0 Å². The molecule has 0 radical (unpaired) electrons. The molecule has 0 N–H and O–H groups in total. The molecule has 1 aliphatic carbocycles. The van der Waals surface area contributed by atoms with Crippen molar-refractivity contribution in [1.29, 1.82) is 0 Å². The van der Waals surface area contributed by atoms with Gasteiger partial charge in [-0.1, -0.05) is 6.92 Å². The van der Waals surface area contributed by atoms with Crippen molar-refractivity contribution in [1.82, 2.24) is 14.7 Å². The van der Waals surface area contributed by atoms with Gasteiger partial charge in [-0.25, -0.2) is 0 Å². The Labute approximate surface area is 126 Å². The van der Waals surface area contributed by atoms with E-state index in [1.807, 2.05) is 0 Å². The highest BCUT2D eigenvalue weighted by Gasteiger charge is 2.29. The fourth-order valence-corrected chi connectivity index (χ4v) is 3.96. The van der Waals surface area contributed by atoms with Crippen LogP contribution in [0.3, 0.4) is 0 Å². The lowest BCUT2D eigenvalue weighted by Crippen LogP contribution is -2.56. The summed E-state index contributed by atoms with van der Waals surface area (Å²) in [7, 11) is 9.00. The third kappa shape index (κ3) is 4.19. The summed E-state index contributed by atoms with van der Waals surface area (Å²) in [6.07, 6.45) is 7.09. The Bertz CT molecular complexity index is 278. The molecule has 0 aromatic rings. The normalized spacial score (nSPS) is 30.8. The van der Waals surface area contributed by atoms with E-state index in [1.165, 1.54) is 51.7 Å². The highest BCUT2D eigenvalue weighted by molar-refractivity contribution is 4.85. The zero-order valence-corrected chi connectivity index (χ0v) is 14.3. The van der Waals surface area contributed by atoms with E-state index in [2.05, 4.69) is 49.8 Å². The first kappa shape index (κ1) is 16.3. The molecule has 0 aromatic heterocycles. The van der Waals surface area contributed by atoms with Gasteiger partial charge in [0.25, 0.3) is 0 Å². The molecule has 1 saturated heterocycles. The van der Waals surface area contributed by atoms with E-state index < -0.39 is 0 Å². The van der Waals surface area contributed by atoms with Crippen molar-refractivity contribution in [2.24, 2.45) is 11.8 Å². The second-order valence-electron chi connectivity index (χ2n) is 7.65. The molecule has 0 amide bonds.